The minimum Gasteiger partial charge on any atom is -0.468 e. The predicted molar refractivity (Wildman–Crippen MR) is 50.6 cm³/mol. The van der Waals surface area contributed by atoms with Gasteiger partial charge in [0.15, 0.2) is 5.43 Å². The molecule has 1 rings (SSSR count). The van der Waals surface area contributed by atoms with E-state index < -0.39 is 5.97 Å². The lowest BCUT2D eigenvalue weighted by Crippen LogP contribution is -2.03. The van der Waals surface area contributed by atoms with E-state index in [0.29, 0.717) is 5.56 Å². The van der Waals surface area contributed by atoms with Gasteiger partial charge in [0.05, 0.1) is 12.7 Å². The second-order valence-corrected chi connectivity index (χ2v) is 2.48. The highest BCUT2D eigenvalue weighted by Crippen LogP contribution is 1.85. The smallest absolute Gasteiger partial charge is 0.317 e. The van der Waals surface area contributed by atoms with Gasteiger partial charge in [-0.2, -0.15) is 0 Å². The van der Waals surface area contributed by atoms with E-state index in [9.17, 15) is 9.59 Å². The Morgan fingerprint density at radius 1 is 1.64 bits per heavy atom. The predicted octanol–water partition coefficient (Wildman–Crippen LogP) is 0.290. The normalized spacial score (nSPS) is 8.64. The topological polar surface area (TPSA) is 59.2 Å². The Morgan fingerprint density at radius 3 is 3.07 bits per heavy atom. The van der Waals surface area contributed by atoms with Crippen LogP contribution in [0, 0.1) is 11.8 Å². The van der Waals surface area contributed by atoms with Crippen LogP contribution in [0.15, 0.2) is 23.3 Å². The Morgan fingerprint density at radius 2 is 2.43 bits per heavy atom. The third-order valence-electron chi connectivity index (χ3n) is 1.51. The quantitative estimate of drug-likeness (QED) is 0.512. The molecular weight excluding hydrogens is 182 g/mol. The minimum atomic E-state index is -0.412. The number of hydrogen-bond acceptors (Lipinski definition) is 3. The Hall–Kier alpha value is -2.02. The molecule has 0 fully saturated rings. The molecule has 0 radical (unpaired) electrons. The third-order valence-corrected chi connectivity index (χ3v) is 1.51. The number of rotatable bonds is 1. The van der Waals surface area contributed by atoms with Gasteiger partial charge in [-0.05, 0) is 0 Å². The lowest BCUT2D eigenvalue weighted by molar-refractivity contribution is -0.139. The van der Waals surface area contributed by atoms with Gasteiger partial charge in [0, 0.05) is 18.5 Å². The highest BCUT2D eigenvalue weighted by molar-refractivity contribution is 5.72. The number of nitrogens with one attached hydrogen (secondary N) is 1. The Labute approximate surface area is 80.9 Å². The van der Waals surface area contributed by atoms with Crippen molar-refractivity contribution in [3.63, 3.8) is 0 Å². The molecule has 0 aromatic carbocycles. The summed E-state index contributed by atoms with van der Waals surface area (Å²) in [5.74, 6) is 4.72. The van der Waals surface area contributed by atoms with Gasteiger partial charge < -0.3 is 9.72 Å². The van der Waals surface area contributed by atoms with Crippen LogP contribution in [0.2, 0.25) is 0 Å². The van der Waals surface area contributed by atoms with Crippen molar-refractivity contribution < 1.29 is 9.53 Å². The molecule has 0 atom stereocenters. The van der Waals surface area contributed by atoms with E-state index >= 15 is 0 Å². The molecule has 0 unspecified atom stereocenters. The maximum atomic E-state index is 11.1. The molecule has 1 heterocycles. The van der Waals surface area contributed by atoms with E-state index in [-0.39, 0.29) is 11.8 Å². The molecule has 4 heteroatoms. The second kappa shape index (κ2) is 4.87. The molecule has 0 saturated carbocycles. The fourth-order valence-electron chi connectivity index (χ4n) is 0.798. The van der Waals surface area contributed by atoms with Gasteiger partial charge in [-0.15, -0.1) is 0 Å². The summed E-state index contributed by atoms with van der Waals surface area (Å²) in [5, 5.41) is 0. The summed E-state index contributed by atoms with van der Waals surface area (Å²) in [6.07, 6.45) is 3.01. The molecule has 0 spiro atoms. The van der Waals surface area contributed by atoms with Crippen LogP contribution in [0.5, 0.6) is 0 Å². The summed E-state index contributed by atoms with van der Waals surface area (Å²) in [7, 11) is 1.29. The Bertz CT molecular complexity index is 436. The van der Waals surface area contributed by atoms with Crippen LogP contribution in [0.4, 0.5) is 0 Å². The zero-order valence-corrected chi connectivity index (χ0v) is 7.66. The van der Waals surface area contributed by atoms with Crippen LogP contribution in [-0.4, -0.2) is 18.1 Å². The average Bonchev–Trinajstić information content (AvgIpc) is 2.20. The van der Waals surface area contributed by atoms with Gasteiger partial charge in [0.1, 0.15) is 6.42 Å². The molecule has 0 aliphatic carbocycles. The van der Waals surface area contributed by atoms with Gasteiger partial charge in [-0.25, -0.2) is 0 Å². The highest BCUT2D eigenvalue weighted by atomic mass is 16.5. The molecule has 1 aromatic rings. The maximum Gasteiger partial charge on any atom is 0.317 e. The van der Waals surface area contributed by atoms with Crippen LogP contribution >= 0.6 is 0 Å². The standard InChI is InChI=1S/C10H9NO3/c1-14-10(13)4-2-3-8-7-11-6-5-9(8)12/h5-7H,4H2,1H3,(H,11,12). The number of hydrogen-bond donors (Lipinski definition) is 1. The lowest BCUT2D eigenvalue weighted by Gasteiger charge is -1.89. The number of esters is 1. The largest absolute Gasteiger partial charge is 0.468 e. The van der Waals surface area contributed by atoms with E-state index in [1.54, 1.807) is 0 Å². The summed E-state index contributed by atoms with van der Waals surface area (Å²) in [6.45, 7) is 0. The summed E-state index contributed by atoms with van der Waals surface area (Å²) in [5.41, 5.74) is 0.178. The monoisotopic (exact) mass is 191 g/mol. The van der Waals surface area contributed by atoms with Crippen molar-refractivity contribution in [1.82, 2.24) is 4.98 Å². The first kappa shape index (κ1) is 10.1. The lowest BCUT2D eigenvalue weighted by atomic mass is 10.2. The highest BCUT2D eigenvalue weighted by Gasteiger charge is 1.95. The van der Waals surface area contributed by atoms with E-state index in [1.165, 1.54) is 25.6 Å². The third kappa shape index (κ3) is 2.79. The maximum absolute atomic E-state index is 11.1. The van der Waals surface area contributed by atoms with Crippen molar-refractivity contribution in [2.24, 2.45) is 0 Å². The second-order valence-electron chi connectivity index (χ2n) is 2.48. The molecule has 1 N–H and O–H groups in total. The number of carbonyl (C=O) groups excluding carboxylic acids is 1. The van der Waals surface area contributed by atoms with E-state index in [2.05, 4.69) is 21.6 Å². The van der Waals surface area contributed by atoms with Gasteiger partial charge in [-0.1, -0.05) is 11.8 Å². The fourth-order valence-corrected chi connectivity index (χ4v) is 0.798. The van der Waals surface area contributed by atoms with Crippen LogP contribution in [0.25, 0.3) is 0 Å². The average molecular weight is 191 g/mol. The number of methoxy groups -OCH3 is 1. The van der Waals surface area contributed by atoms with E-state index in [1.807, 2.05) is 0 Å². The van der Waals surface area contributed by atoms with Crippen LogP contribution in [-0.2, 0) is 9.53 Å². The number of carbonyl (C=O) groups is 1. The Kier molecular flexibility index (Phi) is 3.50. The Balaban J connectivity index is 2.74. The molecule has 14 heavy (non-hydrogen) atoms. The minimum absolute atomic E-state index is 0.00909. The first-order valence-electron chi connectivity index (χ1n) is 3.97. The molecule has 0 saturated heterocycles. The zero-order valence-electron chi connectivity index (χ0n) is 7.66. The van der Waals surface area contributed by atoms with Crippen LogP contribution < -0.4 is 5.43 Å². The molecule has 0 aliphatic rings. The van der Waals surface area contributed by atoms with Gasteiger partial charge in [0.2, 0.25) is 0 Å². The van der Waals surface area contributed by atoms with Crippen molar-refractivity contribution in [1.29, 1.82) is 0 Å². The van der Waals surface area contributed by atoms with Gasteiger partial charge >= 0.3 is 5.97 Å². The SMILES string of the molecule is COC(=O)CC#Cc1c[nH]ccc1=O. The number of pyridine rings is 1. The summed E-state index contributed by atoms with van der Waals surface area (Å²) in [4.78, 5) is 24.5. The van der Waals surface area contributed by atoms with Crippen LogP contribution in [0.1, 0.15) is 12.0 Å². The first-order chi connectivity index (χ1) is 6.74. The zero-order chi connectivity index (χ0) is 10.4. The molecule has 0 amide bonds. The molecule has 1 aromatic heterocycles. The van der Waals surface area contributed by atoms with Crippen molar-refractivity contribution in [3.8, 4) is 11.8 Å². The van der Waals surface area contributed by atoms with Crippen molar-refractivity contribution >= 4 is 5.97 Å². The molecule has 72 valence electrons. The van der Waals surface area contributed by atoms with Crippen molar-refractivity contribution in [3.05, 3.63) is 34.2 Å². The van der Waals surface area contributed by atoms with E-state index in [4.69, 9.17) is 0 Å². The number of H-pyrrole nitrogens is 1. The van der Waals surface area contributed by atoms with Gasteiger partial charge in [-0.3, -0.25) is 9.59 Å². The van der Waals surface area contributed by atoms with E-state index in [0.717, 1.165) is 0 Å². The number of aromatic amines is 1. The fraction of sp³-hybridized carbons (Fsp3) is 0.200. The summed E-state index contributed by atoms with van der Waals surface area (Å²) in [6, 6.07) is 1.38. The number of ether oxygens (including phenoxy) is 1. The molecule has 0 aliphatic heterocycles. The van der Waals surface area contributed by atoms with Gasteiger partial charge in [0.25, 0.3) is 0 Å². The first-order valence-corrected chi connectivity index (χ1v) is 3.97. The van der Waals surface area contributed by atoms with Crippen LogP contribution in [0.3, 0.4) is 0 Å². The van der Waals surface area contributed by atoms with Crippen molar-refractivity contribution in [2.75, 3.05) is 7.11 Å². The molecule has 4 nitrogen and oxygen atoms in total. The molecule has 0 bridgehead atoms. The summed E-state index contributed by atoms with van der Waals surface area (Å²) < 4.78 is 4.39. The van der Waals surface area contributed by atoms with Crippen molar-refractivity contribution in [2.45, 2.75) is 6.42 Å². The molecular formula is C10H9NO3. The number of aromatic nitrogens is 1. The summed E-state index contributed by atoms with van der Waals surface area (Å²) >= 11 is 0.